The zero-order valence-corrected chi connectivity index (χ0v) is 13.5. The van der Waals surface area contributed by atoms with Crippen LogP contribution in [-0.4, -0.2) is 4.98 Å². The molecule has 3 nitrogen and oxygen atoms in total. The van der Waals surface area contributed by atoms with Crippen molar-refractivity contribution in [3.05, 3.63) is 57.2 Å². The number of rotatable bonds is 4. The quantitative estimate of drug-likeness (QED) is 0.645. The highest BCUT2D eigenvalue weighted by atomic mass is 35.5. The second kappa shape index (κ2) is 6.10. The van der Waals surface area contributed by atoms with Crippen molar-refractivity contribution in [3.8, 4) is 11.3 Å². The number of anilines is 1. The van der Waals surface area contributed by atoms with E-state index in [-0.39, 0.29) is 6.04 Å². The van der Waals surface area contributed by atoms with Crippen LogP contribution in [0.15, 0.2) is 47.3 Å². The molecule has 0 aliphatic rings. The molecule has 21 heavy (non-hydrogen) atoms. The summed E-state index contributed by atoms with van der Waals surface area (Å²) in [5, 5.41) is 3.42. The normalized spacial score (nSPS) is 12.3. The molecule has 2 heterocycles. The highest BCUT2D eigenvalue weighted by molar-refractivity contribution is 7.20. The number of nitrogens with one attached hydrogen (secondary N) is 1. The van der Waals surface area contributed by atoms with E-state index in [9.17, 15) is 0 Å². The molecule has 0 saturated carbocycles. The van der Waals surface area contributed by atoms with Crippen LogP contribution in [0.5, 0.6) is 0 Å². The van der Waals surface area contributed by atoms with E-state index in [1.54, 1.807) is 6.20 Å². The maximum Gasteiger partial charge on any atom is 0.181 e. The molecule has 2 aromatic heterocycles. The van der Waals surface area contributed by atoms with Crippen molar-refractivity contribution in [1.29, 1.82) is 0 Å². The van der Waals surface area contributed by atoms with Crippen LogP contribution in [0.1, 0.15) is 18.5 Å². The van der Waals surface area contributed by atoms with E-state index in [2.05, 4.69) is 10.3 Å². The predicted octanol–water partition coefficient (Wildman–Crippen LogP) is 5.88. The predicted molar refractivity (Wildman–Crippen MR) is 88.3 cm³/mol. The van der Waals surface area contributed by atoms with E-state index in [4.69, 9.17) is 27.6 Å². The SMILES string of the molecule is CC(Nc1cccc(-c2cnco2)c1)c1cc(Cl)sc1Cl. The Morgan fingerprint density at radius 1 is 1.29 bits per heavy atom. The lowest BCUT2D eigenvalue weighted by atomic mass is 10.1. The Balaban J connectivity index is 1.82. The monoisotopic (exact) mass is 338 g/mol. The Morgan fingerprint density at radius 3 is 2.81 bits per heavy atom. The second-order valence-electron chi connectivity index (χ2n) is 4.59. The molecule has 1 N–H and O–H groups in total. The summed E-state index contributed by atoms with van der Waals surface area (Å²) in [4.78, 5) is 3.93. The molecular formula is C15H12Cl2N2OS. The van der Waals surface area contributed by atoms with Crippen molar-refractivity contribution in [1.82, 2.24) is 4.98 Å². The average Bonchev–Trinajstić information content (AvgIpc) is 3.08. The van der Waals surface area contributed by atoms with Crippen LogP contribution in [0, 0.1) is 0 Å². The van der Waals surface area contributed by atoms with Crippen molar-refractivity contribution >= 4 is 40.2 Å². The number of aromatic nitrogens is 1. The maximum absolute atomic E-state index is 6.19. The van der Waals surface area contributed by atoms with Crippen molar-refractivity contribution in [2.75, 3.05) is 5.32 Å². The Bertz CT molecular complexity index is 740. The summed E-state index contributed by atoms with van der Waals surface area (Å²) in [5.74, 6) is 0.739. The van der Waals surface area contributed by atoms with Gasteiger partial charge in [0.05, 0.1) is 20.9 Å². The Hall–Kier alpha value is -1.49. The van der Waals surface area contributed by atoms with Crippen molar-refractivity contribution < 1.29 is 4.42 Å². The van der Waals surface area contributed by atoms with Gasteiger partial charge in [-0.1, -0.05) is 35.3 Å². The van der Waals surface area contributed by atoms with Crippen LogP contribution in [0.3, 0.4) is 0 Å². The number of thiophene rings is 1. The molecule has 0 radical (unpaired) electrons. The van der Waals surface area contributed by atoms with Crippen molar-refractivity contribution in [2.45, 2.75) is 13.0 Å². The van der Waals surface area contributed by atoms with Gasteiger partial charge in [-0.3, -0.25) is 0 Å². The van der Waals surface area contributed by atoms with Crippen LogP contribution >= 0.6 is 34.5 Å². The van der Waals surface area contributed by atoms with E-state index >= 15 is 0 Å². The molecule has 0 bridgehead atoms. The molecule has 0 amide bonds. The fourth-order valence-corrected chi connectivity index (χ4v) is 3.74. The number of hydrogen-bond donors (Lipinski definition) is 1. The van der Waals surface area contributed by atoms with E-state index in [0.29, 0.717) is 8.67 Å². The maximum atomic E-state index is 6.19. The fraction of sp³-hybridized carbons (Fsp3) is 0.133. The van der Waals surface area contributed by atoms with Crippen LogP contribution < -0.4 is 5.32 Å². The topological polar surface area (TPSA) is 38.1 Å². The molecule has 0 saturated heterocycles. The van der Waals surface area contributed by atoms with Gasteiger partial charge in [-0.25, -0.2) is 4.98 Å². The van der Waals surface area contributed by atoms with Gasteiger partial charge in [0.2, 0.25) is 0 Å². The number of oxazole rings is 1. The van der Waals surface area contributed by atoms with Gasteiger partial charge < -0.3 is 9.73 Å². The van der Waals surface area contributed by atoms with Gasteiger partial charge >= 0.3 is 0 Å². The Labute approximate surface area is 136 Å². The Morgan fingerprint density at radius 2 is 2.14 bits per heavy atom. The summed E-state index contributed by atoms with van der Waals surface area (Å²) in [6, 6.07) is 9.91. The molecule has 1 unspecified atom stereocenters. The first kappa shape index (κ1) is 14.4. The van der Waals surface area contributed by atoms with Crippen LogP contribution in [0.2, 0.25) is 8.67 Å². The van der Waals surface area contributed by atoms with E-state index in [1.807, 2.05) is 37.3 Å². The summed E-state index contributed by atoms with van der Waals surface area (Å²) in [5.41, 5.74) is 2.95. The first-order valence-corrected chi connectivity index (χ1v) is 7.91. The molecule has 0 fully saturated rings. The lowest BCUT2D eigenvalue weighted by molar-refractivity contribution is 0.572. The minimum atomic E-state index is 0.0613. The molecule has 1 aromatic carbocycles. The molecule has 0 aliphatic carbocycles. The lowest BCUT2D eigenvalue weighted by Gasteiger charge is -2.15. The van der Waals surface area contributed by atoms with Gasteiger partial charge in [-0.05, 0) is 25.1 Å². The molecular weight excluding hydrogens is 327 g/mol. The summed E-state index contributed by atoms with van der Waals surface area (Å²) < 4.78 is 6.72. The van der Waals surface area contributed by atoms with Crippen molar-refractivity contribution in [3.63, 3.8) is 0 Å². The number of benzene rings is 1. The molecule has 0 spiro atoms. The standard InChI is InChI=1S/C15H12Cl2N2OS/c1-9(12-6-14(16)21-15(12)17)19-11-4-2-3-10(5-11)13-7-18-8-20-13/h2-9,19H,1H3. The zero-order chi connectivity index (χ0) is 14.8. The van der Waals surface area contributed by atoms with Crippen LogP contribution in [0.4, 0.5) is 5.69 Å². The minimum absolute atomic E-state index is 0.0613. The van der Waals surface area contributed by atoms with Crippen LogP contribution in [0.25, 0.3) is 11.3 Å². The van der Waals surface area contributed by atoms with E-state index in [0.717, 1.165) is 22.6 Å². The van der Waals surface area contributed by atoms with E-state index in [1.165, 1.54) is 17.7 Å². The van der Waals surface area contributed by atoms with Gasteiger partial charge in [0.1, 0.15) is 0 Å². The molecule has 0 aliphatic heterocycles. The third-order valence-electron chi connectivity index (χ3n) is 3.11. The number of hydrogen-bond acceptors (Lipinski definition) is 4. The summed E-state index contributed by atoms with van der Waals surface area (Å²) in [7, 11) is 0. The van der Waals surface area contributed by atoms with Crippen molar-refractivity contribution in [2.24, 2.45) is 0 Å². The molecule has 1 atom stereocenters. The lowest BCUT2D eigenvalue weighted by Crippen LogP contribution is -2.05. The van der Waals surface area contributed by atoms with Gasteiger partial charge in [0.15, 0.2) is 12.2 Å². The van der Waals surface area contributed by atoms with Gasteiger partial charge in [-0.2, -0.15) is 0 Å². The van der Waals surface area contributed by atoms with E-state index < -0.39 is 0 Å². The zero-order valence-electron chi connectivity index (χ0n) is 11.1. The second-order valence-corrected chi connectivity index (χ2v) is 6.88. The molecule has 3 aromatic rings. The van der Waals surface area contributed by atoms with Gasteiger partial charge in [-0.15, -0.1) is 11.3 Å². The van der Waals surface area contributed by atoms with Crippen LogP contribution in [-0.2, 0) is 0 Å². The summed E-state index contributed by atoms with van der Waals surface area (Å²) in [6.45, 7) is 2.05. The molecule has 108 valence electrons. The third-order valence-corrected chi connectivity index (χ3v) is 4.63. The Kier molecular flexibility index (Phi) is 4.19. The number of nitrogens with zero attached hydrogens (tertiary/aromatic N) is 1. The first-order valence-electron chi connectivity index (χ1n) is 6.33. The largest absolute Gasteiger partial charge is 0.444 e. The fourth-order valence-electron chi connectivity index (χ4n) is 2.10. The first-order chi connectivity index (χ1) is 10.1. The third kappa shape index (κ3) is 3.23. The summed E-state index contributed by atoms with van der Waals surface area (Å²) in [6.07, 6.45) is 3.11. The minimum Gasteiger partial charge on any atom is -0.444 e. The average molecular weight is 339 g/mol. The highest BCUT2D eigenvalue weighted by Crippen LogP contribution is 2.36. The number of halogens is 2. The smallest absolute Gasteiger partial charge is 0.181 e. The van der Waals surface area contributed by atoms with Gasteiger partial charge in [0.25, 0.3) is 0 Å². The van der Waals surface area contributed by atoms with Gasteiger partial charge in [0, 0.05) is 16.8 Å². The highest BCUT2D eigenvalue weighted by Gasteiger charge is 2.13. The molecule has 3 rings (SSSR count). The summed E-state index contributed by atoms with van der Waals surface area (Å²) >= 11 is 13.6. The molecule has 6 heteroatoms.